The van der Waals surface area contributed by atoms with Crippen LogP contribution in [0.4, 0.5) is 10.5 Å². The number of anilines is 1. The summed E-state index contributed by atoms with van der Waals surface area (Å²) in [7, 11) is 2.13. The second-order valence-electron chi connectivity index (χ2n) is 7.16. The third kappa shape index (κ3) is 11.5. The van der Waals surface area contributed by atoms with Crippen molar-refractivity contribution in [3.05, 3.63) is 24.3 Å². The lowest BCUT2D eigenvalue weighted by atomic mass is 10.2. The molecule has 0 bridgehead atoms. The highest BCUT2D eigenvalue weighted by molar-refractivity contribution is 5.86. The molecule has 0 unspecified atom stereocenters. The van der Waals surface area contributed by atoms with Gasteiger partial charge < -0.3 is 14.4 Å². The SMILES string of the molecule is CCCCCCCOc1ccccc1NC(=O)OCCN1CCN(C)CC1.Cl.Cl. The molecule has 1 amide bonds. The van der Waals surface area contributed by atoms with Gasteiger partial charge in [0, 0.05) is 32.7 Å². The molecule has 8 heteroatoms. The lowest BCUT2D eigenvalue weighted by Gasteiger charge is -2.32. The van der Waals surface area contributed by atoms with Crippen LogP contribution in [0.15, 0.2) is 24.3 Å². The molecule has 168 valence electrons. The van der Waals surface area contributed by atoms with E-state index < -0.39 is 6.09 Å². The topological polar surface area (TPSA) is 54.0 Å². The molecular formula is C21H37Cl2N3O3. The predicted octanol–water partition coefficient (Wildman–Crippen LogP) is 4.68. The molecule has 29 heavy (non-hydrogen) atoms. The van der Waals surface area contributed by atoms with Gasteiger partial charge in [0.1, 0.15) is 12.4 Å². The Balaban J connectivity index is 0.00000392. The number of carbonyl (C=O) groups excluding carboxylic acids is 1. The van der Waals surface area contributed by atoms with E-state index >= 15 is 0 Å². The lowest BCUT2D eigenvalue weighted by molar-refractivity contribution is 0.111. The first-order chi connectivity index (χ1) is 13.2. The number of nitrogens with zero attached hydrogens (tertiary/aromatic N) is 2. The number of piperazine rings is 1. The molecule has 1 N–H and O–H groups in total. The zero-order chi connectivity index (χ0) is 19.3. The lowest BCUT2D eigenvalue weighted by Crippen LogP contribution is -2.45. The molecule has 0 aromatic heterocycles. The minimum atomic E-state index is -0.428. The van der Waals surface area contributed by atoms with Gasteiger partial charge in [-0.2, -0.15) is 0 Å². The molecule has 1 heterocycles. The Kier molecular flexibility index (Phi) is 15.9. The molecule has 1 fully saturated rings. The Morgan fingerprint density at radius 1 is 1.00 bits per heavy atom. The van der Waals surface area contributed by atoms with Gasteiger partial charge >= 0.3 is 6.09 Å². The van der Waals surface area contributed by atoms with Gasteiger partial charge in [-0.1, -0.05) is 44.7 Å². The number of rotatable bonds is 11. The fraction of sp³-hybridized carbons (Fsp3) is 0.667. The van der Waals surface area contributed by atoms with Crippen molar-refractivity contribution in [1.82, 2.24) is 9.80 Å². The van der Waals surface area contributed by atoms with Gasteiger partial charge in [-0.3, -0.25) is 10.2 Å². The van der Waals surface area contributed by atoms with E-state index in [0.29, 0.717) is 24.7 Å². The van der Waals surface area contributed by atoms with Crippen LogP contribution in [0.1, 0.15) is 39.0 Å². The zero-order valence-electron chi connectivity index (χ0n) is 17.7. The summed E-state index contributed by atoms with van der Waals surface area (Å²) in [5, 5.41) is 2.80. The van der Waals surface area contributed by atoms with Crippen LogP contribution in [0.3, 0.4) is 0 Å². The van der Waals surface area contributed by atoms with E-state index in [2.05, 4.69) is 29.1 Å². The molecule has 1 aliphatic heterocycles. The Bertz CT molecular complexity index is 556. The van der Waals surface area contributed by atoms with E-state index in [1.54, 1.807) is 0 Å². The Hall–Kier alpha value is -1.21. The number of para-hydroxylation sites is 2. The summed E-state index contributed by atoms with van der Waals surface area (Å²) >= 11 is 0. The van der Waals surface area contributed by atoms with Gasteiger partial charge in [0.05, 0.1) is 12.3 Å². The molecule has 0 radical (unpaired) electrons. The second kappa shape index (κ2) is 16.6. The minimum Gasteiger partial charge on any atom is -0.491 e. The first kappa shape index (κ1) is 27.8. The average molecular weight is 450 g/mol. The van der Waals surface area contributed by atoms with E-state index in [4.69, 9.17) is 9.47 Å². The third-order valence-electron chi connectivity index (χ3n) is 4.87. The van der Waals surface area contributed by atoms with Gasteiger partial charge in [0.15, 0.2) is 0 Å². The van der Waals surface area contributed by atoms with Crippen molar-refractivity contribution in [2.75, 3.05) is 58.3 Å². The molecule has 0 saturated carbocycles. The maximum atomic E-state index is 12.1. The van der Waals surface area contributed by atoms with Crippen LogP contribution in [0, 0.1) is 0 Å². The summed E-state index contributed by atoms with van der Waals surface area (Å²) in [6.07, 6.45) is 5.55. The predicted molar refractivity (Wildman–Crippen MR) is 124 cm³/mol. The van der Waals surface area contributed by atoms with Crippen molar-refractivity contribution in [1.29, 1.82) is 0 Å². The van der Waals surface area contributed by atoms with E-state index in [1.807, 2.05) is 24.3 Å². The molecule has 1 aromatic carbocycles. The maximum absolute atomic E-state index is 12.1. The summed E-state index contributed by atoms with van der Waals surface area (Å²) in [6.45, 7) is 8.23. The van der Waals surface area contributed by atoms with Crippen LogP contribution in [0.25, 0.3) is 0 Å². The van der Waals surface area contributed by atoms with Crippen molar-refractivity contribution in [3.63, 3.8) is 0 Å². The first-order valence-electron chi connectivity index (χ1n) is 10.3. The molecule has 6 nitrogen and oxygen atoms in total. The summed E-state index contributed by atoms with van der Waals surface area (Å²) in [4.78, 5) is 16.7. The third-order valence-corrected chi connectivity index (χ3v) is 4.87. The van der Waals surface area contributed by atoms with Crippen LogP contribution in [0.5, 0.6) is 5.75 Å². The number of hydrogen-bond donors (Lipinski definition) is 1. The Morgan fingerprint density at radius 3 is 2.41 bits per heavy atom. The van der Waals surface area contributed by atoms with E-state index in [-0.39, 0.29) is 24.8 Å². The number of halogens is 2. The number of nitrogens with one attached hydrogen (secondary N) is 1. The van der Waals surface area contributed by atoms with Crippen LogP contribution in [-0.4, -0.2) is 68.9 Å². The molecule has 1 saturated heterocycles. The quantitative estimate of drug-likeness (QED) is 0.497. The number of unbranched alkanes of at least 4 members (excludes halogenated alkanes) is 4. The normalized spacial score (nSPS) is 14.4. The second-order valence-corrected chi connectivity index (χ2v) is 7.16. The van der Waals surface area contributed by atoms with Gasteiger partial charge in [0.2, 0.25) is 0 Å². The highest BCUT2D eigenvalue weighted by Crippen LogP contribution is 2.24. The highest BCUT2D eigenvalue weighted by atomic mass is 35.5. The standard InChI is InChI=1S/C21H35N3O3.2ClH/c1-3-4-5-6-9-17-26-20-11-8-7-10-19(20)22-21(25)27-18-16-24-14-12-23(2)13-15-24;;/h7-8,10-11H,3-6,9,12-18H2,1-2H3,(H,22,25);2*1H. The fourth-order valence-corrected chi connectivity index (χ4v) is 3.07. The van der Waals surface area contributed by atoms with Crippen molar-refractivity contribution >= 4 is 36.6 Å². The molecule has 0 spiro atoms. The summed E-state index contributed by atoms with van der Waals surface area (Å²) in [6, 6.07) is 7.52. The number of ether oxygens (including phenoxy) is 2. The molecule has 1 aromatic rings. The summed E-state index contributed by atoms with van der Waals surface area (Å²) < 4.78 is 11.2. The van der Waals surface area contributed by atoms with Crippen LogP contribution < -0.4 is 10.1 Å². The van der Waals surface area contributed by atoms with E-state index in [9.17, 15) is 4.79 Å². The van der Waals surface area contributed by atoms with Gasteiger partial charge in [-0.15, -0.1) is 24.8 Å². The van der Waals surface area contributed by atoms with Gasteiger partial charge in [-0.05, 0) is 25.6 Å². The van der Waals surface area contributed by atoms with Gasteiger partial charge in [0.25, 0.3) is 0 Å². The first-order valence-corrected chi connectivity index (χ1v) is 10.3. The number of likely N-dealkylation sites (N-methyl/N-ethyl adjacent to an activating group) is 1. The highest BCUT2D eigenvalue weighted by Gasteiger charge is 2.14. The van der Waals surface area contributed by atoms with E-state index in [0.717, 1.165) is 39.1 Å². The number of benzene rings is 1. The number of hydrogen-bond acceptors (Lipinski definition) is 5. The molecule has 0 aliphatic carbocycles. The van der Waals surface area contributed by atoms with Crippen molar-refractivity contribution in [2.45, 2.75) is 39.0 Å². The average Bonchev–Trinajstić information content (AvgIpc) is 2.67. The maximum Gasteiger partial charge on any atom is 0.411 e. The minimum absolute atomic E-state index is 0. The molecule has 2 rings (SSSR count). The monoisotopic (exact) mass is 449 g/mol. The fourth-order valence-electron chi connectivity index (χ4n) is 3.07. The number of carbonyl (C=O) groups is 1. The summed E-state index contributed by atoms with van der Waals surface area (Å²) in [5.74, 6) is 0.698. The number of amides is 1. The molecule has 0 atom stereocenters. The van der Waals surface area contributed by atoms with Crippen molar-refractivity contribution in [3.8, 4) is 5.75 Å². The van der Waals surface area contributed by atoms with E-state index in [1.165, 1.54) is 25.7 Å². The Morgan fingerprint density at radius 2 is 1.69 bits per heavy atom. The van der Waals surface area contributed by atoms with Crippen molar-refractivity contribution < 1.29 is 14.3 Å². The Labute approximate surface area is 188 Å². The zero-order valence-corrected chi connectivity index (χ0v) is 19.4. The van der Waals surface area contributed by atoms with Crippen LogP contribution in [0.2, 0.25) is 0 Å². The molecule has 1 aliphatic rings. The summed E-state index contributed by atoms with van der Waals surface area (Å²) in [5.41, 5.74) is 0.663. The van der Waals surface area contributed by atoms with Crippen molar-refractivity contribution in [2.24, 2.45) is 0 Å². The van der Waals surface area contributed by atoms with Gasteiger partial charge in [-0.25, -0.2) is 4.79 Å². The smallest absolute Gasteiger partial charge is 0.411 e. The molecular weight excluding hydrogens is 413 g/mol. The van der Waals surface area contributed by atoms with Crippen LogP contribution >= 0.6 is 24.8 Å². The largest absolute Gasteiger partial charge is 0.491 e. The van der Waals surface area contributed by atoms with Crippen LogP contribution in [-0.2, 0) is 4.74 Å².